The largest absolute Gasteiger partial charge is 0.450 e. The summed E-state index contributed by atoms with van der Waals surface area (Å²) < 4.78 is 25.8. The Bertz CT molecular complexity index is 714. The molecule has 0 bridgehead atoms. The molecule has 0 saturated carbocycles. The van der Waals surface area contributed by atoms with Crippen LogP contribution in [0.3, 0.4) is 0 Å². The van der Waals surface area contributed by atoms with Gasteiger partial charge in [-0.2, -0.15) is 4.39 Å². The van der Waals surface area contributed by atoms with Crippen LogP contribution in [0.15, 0.2) is 33.5 Å². The highest BCUT2D eigenvalue weighted by molar-refractivity contribution is 9.10. The first-order chi connectivity index (χ1) is 10.6. The van der Waals surface area contributed by atoms with Crippen molar-refractivity contribution in [2.24, 2.45) is 0 Å². The van der Waals surface area contributed by atoms with Crippen LogP contribution in [-0.2, 0) is 4.74 Å². The highest BCUT2D eigenvalue weighted by Crippen LogP contribution is 2.31. The molecular formula is C14H13BrFN3O3. The number of benzene rings is 1. The van der Waals surface area contributed by atoms with E-state index < -0.39 is 11.5 Å². The molecule has 2 aromatic rings. The summed E-state index contributed by atoms with van der Waals surface area (Å²) in [5, 5.41) is 5.50. The number of anilines is 1. The maximum absolute atomic E-state index is 14.1. The fourth-order valence-electron chi connectivity index (χ4n) is 2.19. The lowest BCUT2D eigenvalue weighted by Crippen LogP contribution is -2.39. The van der Waals surface area contributed by atoms with Gasteiger partial charge in [0.05, 0.1) is 13.2 Å². The molecule has 2 heterocycles. The summed E-state index contributed by atoms with van der Waals surface area (Å²) in [5.74, 6) is -0.610. The zero-order valence-corrected chi connectivity index (χ0v) is 13.1. The second-order valence-corrected chi connectivity index (χ2v) is 5.59. The van der Waals surface area contributed by atoms with Gasteiger partial charge in [-0.05, 0) is 24.3 Å². The minimum atomic E-state index is -0.857. The maximum atomic E-state index is 14.1. The summed E-state index contributed by atoms with van der Waals surface area (Å²) in [6, 6.07) is 6.88. The van der Waals surface area contributed by atoms with Crippen LogP contribution in [0.2, 0.25) is 0 Å². The number of H-pyrrole nitrogens is 1. The average molecular weight is 370 g/mol. The van der Waals surface area contributed by atoms with E-state index in [-0.39, 0.29) is 11.4 Å². The molecule has 22 heavy (non-hydrogen) atoms. The Morgan fingerprint density at radius 2 is 1.95 bits per heavy atom. The quantitative estimate of drug-likeness (QED) is 0.898. The first-order valence-corrected chi connectivity index (χ1v) is 7.49. The minimum absolute atomic E-state index is 0.138. The van der Waals surface area contributed by atoms with Gasteiger partial charge < -0.3 is 14.4 Å². The van der Waals surface area contributed by atoms with Crippen LogP contribution in [-0.4, -0.2) is 36.5 Å². The van der Waals surface area contributed by atoms with Gasteiger partial charge in [-0.1, -0.05) is 15.9 Å². The van der Waals surface area contributed by atoms with Gasteiger partial charge in [0.15, 0.2) is 5.69 Å². The van der Waals surface area contributed by atoms with E-state index in [9.17, 15) is 9.18 Å². The number of hydrogen-bond acceptors (Lipinski definition) is 5. The van der Waals surface area contributed by atoms with Crippen LogP contribution in [0.4, 0.5) is 10.1 Å². The second kappa shape index (κ2) is 6.45. The predicted octanol–water partition coefficient (Wildman–Crippen LogP) is 2.30. The molecule has 1 aromatic carbocycles. The Morgan fingerprint density at radius 1 is 1.27 bits per heavy atom. The van der Waals surface area contributed by atoms with E-state index in [4.69, 9.17) is 9.47 Å². The zero-order chi connectivity index (χ0) is 15.5. The highest BCUT2D eigenvalue weighted by atomic mass is 79.9. The van der Waals surface area contributed by atoms with Crippen LogP contribution in [0.5, 0.6) is 11.5 Å². The fourth-order valence-corrected chi connectivity index (χ4v) is 2.45. The third-order valence-electron chi connectivity index (χ3n) is 3.23. The van der Waals surface area contributed by atoms with Crippen molar-refractivity contribution in [1.82, 2.24) is 10.2 Å². The molecule has 116 valence electrons. The van der Waals surface area contributed by atoms with E-state index in [1.54, 1.807) is 29.2 Å². The lowest BCUT2D eigenvalue weighted by atomic mass is 10.3. The Morgan fingerprint density at radius 3 is 2.64 bits per heavy atom. The Hall–Kier alpha value is -1.93. The van der Waals surface area contributed by atoms with Gasteiger partial charge >= 0.3 is 0 Å². The third kappa shape index (κ3) is 3.12. The molecule has 8 heteroatoms. The molecule has 1 aliphatic rings. The number of ether oxygens (including phenoxy) is 2. The van der Waals surface area contributed by atoms with Crippen molar-refractivity contribution in [2.45, 2.75) is 0 Å². The number of aromatic nitrogens is 2. The molecule has 1 aromatic heterocycles. The van der Waals surface area contributed by atoms with Crippen LogP contribution in [0.25, 0.3) is 0 Å². The van der Waals surface area contributed by atoms with Crippen molar-refractivity contribution in [3.63, 3.8) is 0 Å². The average Bonchev–Trinajstić information content (AvgIpc) is 2.54. The monoisotopic (exact) mass is 369 g/mol. The van der Waals surface area contributed by atoms with Gasteiger partial charge in [0.25, 0.3) is 11.5 Å². The van der Waals surface area contributed by atoms with Crippen LogP contribution < -0.4 is 15.2 Å². The zero-order valence-electron chi connectivity index (χ0n) is 11.5. The molecule has 0 spiro atoms. The van der Waals surface area contributed by atoms with Crippen molar-refractivity contribution < 1.29 is 13.9 Å². The number of halogens is 2. The van der Waals surface area contributed by atoms with E-state index in [1.807, 2.05) is 0 Å². The fraction of sp³-hybridized carbons (Fsp3) is 0.286. The number of nitrogens with zero attached hydrogens (tertiary/aromatic N) is 2. The standard InChI is InChI=1S/C14H13BrFN3O3/c15-9-1-3-10(4-2-9)22-12-11(14(20)18-17-13(12)16)19-5-7-21-8-6-19/h1-4H,5-8H2,(H,18,20). The molecule has 3 rings (SSSR count). The van der Waals surface area contributed by atoms with Crippen LogP contribution >= 0.6 is 15.9 Å². The maximum Gasteiger partial charge on any atom is 0.291 e. The summed E-state index contributed by atoms with van der Waals surface area (Å²) in [7, 11) is 0. The summed E-state index contributed by atoms with van der Waals surface area (Å²) >= 11 is 3.31. The first kappa shape index (κ1) is 15.0. The summed E-state index contributed by atoms with van der Waals surface area (Å²) in [6.45, 7) is 1.93. The molecule has 0 unspecified atom stereocenters. The number of nitrogens with one attached hydrogen (secondary N) is 1. The molecule has 1 saturated heterocycles. The molecule has 6 nitrogen and oxygen atoms in total. The molecule has 1 aliphatic heterocycles. The van der Waals surface area contributed by atoms with Crippen molar-refractivity contribution in [2.75, 3.05) is 31.2 Å². The van der Waals surface area contributed by atoms with Gasteiger partial charge in [-0.25, -0.2) is 5.10 Å². The van der Waals surface area contributed by atoms with E-state index in [0.29, 0.717) is 32.1 Å². The lowest BCUT2D eigenvalue weighted by molar-refractivity contribution is 0.122. The van der Waals surface area contributed by atoms with Crippen molar-refractivity contribution in [3.8, 4) is 11.5 Å². The lowest BCUT2D eigenvalue weighted by Gasteiger charge is -2.29. The number of rotatable bonds is 3. The number of morpholine rings is 1. The first-order valence-electron chi connectivity index (χ1n) is 6.69. The van der Waals surface area contributed by atoms with E-state index in [1.165, 1.54) is 0 Å². The molecular weight excluding hydrogens is 357 g/mol. The van der Waals surface area contributed by atoms with Crippen LogP contribution in [0.1, 0.15) is 0 Å². The smallest absolute Gasteiger partial charge is 0.291 e. The normalized spacial score (nSPS) is 14.9. The second-order valence-electron chi connectivity index (χ2n) is 4.68. The molecule has 0 amide bonds. The molecule has 0 radical (unpaired) electrons. The van der Waals surface area contributed by atoms with Crippen molar-refractivity contribution in [1.29, 1.82) is 0 Å². The van der Waals surface area contributed by atoms with Crippen LogP contribution in [0, 0.1) is 5.95 Å². The van der Waals surface area contributed by atoms with Gasteiger partial charge in [0.2, 0.25) is 5.75 Å². The molecule has 0 aliphatic carbocycles. The van der Waals surface area contributed by atoms with Gasteiger partial charge in [-0.3, -0.25) is 4.79 Å². The van der Waals surface area contributed by atoms with Crippen molar-refractivity contribution >= 4 is 21.6 Å². The number of aromatic amines is 1. The summed E-state index contributed by atoms with van der Waals surface area (Å²) in [5.41, 5.74) is -0.353. The summed E-state index contributed by atoms with van der Waals surface area (Å²) in [4.78, 5) is 13.8. The van der Waals surface area contributed by atoms with Gasteiger partial charge in [0.1, 0.15) is 5.75 Å². The molecule has 1 fully saturated rings. The van der Waals surface area contributed by atoms with Crippen molar-refractivity contribution in [3.05, 3.63) is 45.0 Å². The Balaban J connectivity index is 1.99. The SMILES string of the molecule is O=c1[nH]nc(F)c(Oc2ccc(Br)cc2)c1N1CCOCC1. The Labute approximate surface area is 134 Å². The molecule has 1 N–H and O–H groups in total. The third-order valence-corrected chi connectivity index (χ3v) is 3.76. The van der Waals surface area contributed by atoms with Gasteiger partial charge in [0, 0.05) is 17.6 Å². The van der Waals surface area contributed by atoms with E-state index >= 15 is 0 Å². The molecule has 0 atom stereocenters. The topological polar surface area (TPSA) is 67.5 Å². The van der Waals surface area contributed by atoms with Gasteiger partial charge in [-0.15, -0.1) is 5.10 Å². The predicted molar refractivity (Wildman–Crippen MR) is 82.1 cm³/mol. The Kier molecular flexibility index (Phi) is 4.39. The number of hydrogen-bond donors (Lipinski definition) is 1. The summed E-state index contributed by atoms with van der Waals surface area (Å²) in [6.07, 6.45) is 0. The van der Waals surface area contributed by atoms with E-state index in [0.717, 1.165) is 4.47 Å². The highest BCUT2D eigenvalue weighted by Gasteiger charge is 2.24. The van der Waals surface area contributed by atoms with E-state index in [2.05, 4.69) is 26.1 Å². The minimum Gasteiger partial charge on any atom is -0.450 e.